The van der Waals surface area contributed by atoms with Crippen molar-refractivity contribution < 1.29 is 13.7 Å². The molecule has 1 aromatic heterocycles. The summed E-state index contributed by atoms with van der Waals surface area (Å²) in [7, 11) is 0. The molecule has 3 rings (SSSR count). The molecule has 1 amide bonds. The van der Waals surface area contributed by atoms with E-state index in [0.717, 1.165) is 5.56 Å². The Kier molecular flexibility index (Phi) is 5.09. The van der Waals surface area contributed by atoms with E-state index >= 15 is 0 Å². The number of aryl methyl sites for hydroxylation is 2. The van der Waals surface area contributed by atoms with Crippen LogP contribution in [0.5, 0.6) is 0 Å². The third-order valence-electron chi connectivity index (χ3n) is 3.61. The first-order chi connectivity index (χ1) is 12.0. The molecule has 0 atom stereocenters. The standard InChI is InChI=1S/C18H15ClFN3O2/c1-11-10-12(19)6-7-15(11)21-16(24)8-9-17-22-18(23-25-17)13-4-2-3-5-14(13)20/h2-7,10H,8-9H2,1H3,(H,21,24). The normalized spacial score (nSPS) is 10.7. The van der Waals surface area contributed by atoms with Crippen molar-refractivity contribution in [2.24, 2.45) is 0 Å². The fraction of sp³-hybridized carbons (Fsp3) is 0.167. The zero-order valence-electron chi connectivity index (χ0n) is 13.4. The molecule has 0 saturated carbocycles. The number of nitrogens with one attached hydrogen (secondary N) is 1. The number of nitrogens with zero attached hydrogens (tertiary/aromatic N) is 2. The summed E-state index contributed by atoms with van der Waals surface area (Å²) in [6.07, 6.45) is 0.431. The van der Waals surface area contributed by atoms with Gasteiger partial charge in [-0.2, -0.15) is 4.98 Å². The summed E-state index contributed by atoms with van der Waals surface area (Å²) in [5, 5.41) is 7.18. The smallest absolute Gasteiger partial charge is 0.227 e. The highest BCUT2D eigenvalue weighted by Crippen LogP contribution is 2.21. The molecule has 0 spiro atoms. The lowest BCUT2D eigenvalue weighted by atomic mass is 10.2. The van der Waals surface area contributed by atoms with Crippen LogP contribution in [-0.2, 0) is 11.2 Å². The van der Waals surface area contributed by atoms with Crippen LogP contribution in [0, 0.1) is 12.7 Å². The van der Waals surface area contributed by atoms with Gasteiger partial charge in [0.1, 0.15) is 5.82 Å². The third kappa shape index (κ3) is 4.22. The molecular formula is C18H15ClFN3O2. The highest BCUT2D eigenvalue weighted by Gasteiger charge is 2.13. The fourth-order valence-electron chi connectivity index (χ4n) is 2.31. The van der Waals surface area contributed by atoms with Gasteiger partial charge in [-0.25, -0.2) is 4.39 Å². The van der Waals surface area contributed by atoms with Gasteiger partial charge in [-0.1, -0.05) is 28.9 Å². The molecule has 2 aromatic carbocycles. The minimum atomic E-state index is -0.425. The second kappa shape index (κ2) is 7.44. The van der Waals surface area contributed by atoms with E-state index in [1.54, 1.807) is 36.4 Å². The molecule has 0 fully saturated rings. The Morgan fingerprint density at radius 1 is 1.28 bits per heavy atom. The van der Waals surface area contributed by atoms with E-state index in [0.29, 0.717) is 10.7 Å². The van der Waals surface area contributed by atoms with Gasteiger partial charge in [-0.3, -0.25) is 4.79 Å². The Bertz CT molecular complexity index is 911. The number of hydrogen-bond acceptors (Lipinski definition) is 4. The summed E-state index contributed by atoms with van der Waals surface area (Å²) < 4.78 is 18.8. The number of benzene rings is 2. The van der Waals surface area contributed by atoms with Gasteiger partial charge in [0.15, 0.2) is 0 Å². The molecule has 0 aliphatic rings. The summed E-state index contributed by atoms with van der Waals surface area (Å²) in [4.78, 5) is 16.2. The van der Waals surface area contributed by atoms with E-state index < -0.39 is 5.82 Å². The van der Waals surface area contributed by atoms with Gasteiger partial charge in [0, 0.05) is 23.6 Å². The molecule has 0 aliphatic carbocycles. The number of amides is 1. The molecule has 0 saturated heterocycles. The molecule has 1 N–H and O–H groups in total. The molecule has 0 unspecified atom stereocenters. The predicted molar refractivity (Wildman–Crippen MR) is 92.8 cm³/mol. The zero-order valence-corrected chi connectivity index (χ0v) is 14.2. The van der Waals surface area contributed by atoms with Gasteiger partial charge in [-0.15, -0.1) is 0 Å². The van der Waals surface area contributed by atoms with Crippen LogP contribution in [0.3, 0.4) is 0 Å². The molecule has 25 heavy (non-hydrogen) atoms. The molecule has 0 aliphatic heterocycles. The zero-order chi connectivity index (χ0) is 17.8. The highest BCUT2D eigenvalue weighted by molar-refractivity contribution is 6.30. The summed E-state index contributed by atoms with van der Waals surface area (Å²) in [5.74, 6) is -0.162. The minimum Gasteiger partial charge on any atom is -0.339 e. The van der Waals surface area contributed by atoms with E-state index in [1.165, 1.54) is 6.07 Å². The van der Waals surface area contributed by atoms with Gasteiger partial charge in [0.2, 0.25) is 17.6 Å². The molecule has 7 heteroatoms. The number of halogens is 2. The maximum absolute atomic E-state index is 13.7. The van der Waals surface area contributed by atoms with Gasteiger partial charge >= 0.3 is 0 Å². The Morgan fingerprint density at radius 3 is 2.84 bits per heavy atom. The van der Waals surface area contributed by atoms with Crippen LogP contribution in [0.25, 0.3) is 11.4 Å². The Balaban J connectivity index is 1.60. The van der Waals surface area contributed by atoms with Crippen molar-refractivity contribution in [2.75, 3.05) is 5.32 Å². The molecule has 3 aromatic rings. The van der Waals surface area contributed by atoms with Crippen LogP contribution in [-0.4, -0.2) is 16.0 Å². The number of anilines is 1. The van der Waals surface area contributed by atoms with E-state index in [-0.39, 0.29) is 36.0 Å². The summed E-state index contributed by atoms with van der Waals surface area (Å²) in [6.45, 7) is 1.86. The largest absolute Gasteiger partial charge is 0.339 e. The van der Waals surface area contributed by atoms with Crippen molar-refractivity contribution >= 4 is 23.2 Å². The van der Waals surface area contributed by atoms with E-state index in [1.807, 2.05) is 6.92 Å². The van der Waals surface area contributed by atoms with Crippen molar-refractivity contribution in [3.8, 4) is 11.4 Å². The molecule has 128 valence electrons. The Hall–Kier alpha value is -2.73. The van der Waals surface area contributed by atoms with Crippen LogP contribution < -0.4 is 5.32 Å². The molecule has 1 heterocycles. The van der Waals surface area contributed by atoms with E-state index in [9.17, 15) is 9.18 Å². The van der Waals surface area contributed by atoms with Crippen LogP contribution in [0.2, 0.25) is 5.02 Å². The van der Waals surface area contributed by atoms with Crippen molar-refractivity contribution in [1.82, 2.24) is 10.1 Å². The van der Waals surface area contributed by atoms with Gasteiger partial charge in [0.25, 0.3) is 0 Å². The van der Waals surface area contributed by atoms with Crippen LogP contribution in [0.15, 0.2) is 47.0 Å². The number of rotatable bonds is 5. The van der Waals surface area contributed by atoms with Crippen LogP contribution in [0.4, 0.5) is 10.1 Å². The number of carbonyl (C=O) groups excluding carboxylic acids is 1. The summed E-state index contributed by atoms with van der Waals surface area (Å²) >= 11 is 5.89. The third-order valence-corrected chi connectivity index (χ3v) is 3.85. The fourth-order valence-corrected chi connectivity index (χ4v) is 2.54. The first-order valence-electron chi connectivity index (χ1n) is 7.66. The number of aromatic nitrogens is 2. The molecule has 5 nitrogen and oxygen atoms in total. The Morgan fingerprint density at radius 2 is 2.08 bits per heavy atom. The van der Waals surface area contributed by atoms with E-state index in [2.05, 4.69) is 15.5 Å². The molecular weight excluding hydrogens is 345 g/mol. The second-order valence-corrected chi connectivity index (χ2v) is 5.94. The number of carbonyl (C=O) groups is 1. The number of hydrogen-bond donors (Lipinski definition) is 1. The van der Waals surface area contributed by atoms with Crippen LogP contribution >= 0.6 is 11.6 Å². The molecule has 0 bridgehead atoms. The van der Waals surface area contributed by atoms with Crippen molar-refractivity contribution in [1.29, 1.82) is 0 Å². The van der Waals surface area contributed by atoms with E-state index in [4.69, 9.17) is 16.1 Å². The minimum absolute atomic E-state index is 0.168. The van der Waals surface area contributed by atoms with Gasteiger partial charge in [0.05, 0.1) is 5.56 Å². The Labute approximate surface area is 148 Å². The first kappa shape index (κ1) is 17.1. The quantitative estimate of drug-likeness (QED) is 0.732. The van der Waals surface area contributed by atoms with Gasteiger partial charge < -0.3 is 9.84 Å². The predicted octanol–water partition coefficient (Wildman–Crippen LogP) is 4.41. The van der Waals surface area contributed by atoms with Gasteiger partial charge in [-0.05, 0) is 42.8 Å². The SMILES string of the molecule is Cc1cc(Cl)ccc1NC(=O)CCc1nc(-c2ccccc2F)no1. The molecule has 0 radical (unpaired) electrons. The van der Waals surface area contributed by atoms with Crippen molar-refractivity contribution in [3.05, 3.63) is 64.8 Å². The maximum Gasteiger partial charge on any atom is 0.227 e. The first-order valence-corrected chi connectivity index (χ1v) is 8.04. The lowest BCUT2D eigenvalue weighted by Gasteiger charge is -2.07. The van der Waals surface area contributed by atoms with Crippen molar-refractivity contribution in [3.63, 3.8) is 0 Å². The highest BCUT2D eigenvalue weighted by atomic mass is 35.5. The maximum atomic E-state index is 13.7. The lowest BCUT2D eigenvalue weighted by molar-refractivity contribution is -0.116. The second-order valence-electron chi connectivity index (χ2n) is 5.50. The summed E-state index contributed by atoms with van der Waals surface area (Å²) in [5.41, 5.74) is 1.84. The van der Waals surface area contributed by atoms with Crippen LogP contribution in [0.1, 0.15) is 17.9 Å². The average Bonchev–Trinajstić information content (AvgIpc) is 3.05. The van der Waals surface area contributed by atoms with Crippen molar-refractivity contribution in [2.45, 2.75) is 19.8 Å². The topological polar surface area (TPSA) is 68.0 Å². The average molecular weight is 360 g/mol. The lowest BCUT2D eigenvalue weighted by Crippen LogP contribution is -2.13. The monoisotopic (exact) mass is 359 g/mol. The summed E-state index contributed by atoms with van der Waals surface area (Å²) in [6, 6.07) is 11.4.